The highest BCUT2D eigenvalue weighted by molar-refractivity contribution is 6.20. The van der Waals surface area contributed by atoms with Gasteiger partial charge in [-0.1, -0.05) is 42.5 Å². The van der Waals surface area contributed by atoms with E-state index in [0.717, 1.165) is 5.56 Å². The summed E-state index contributed by atoms with van der Waals surface area (Å²) in [5.41, 5.74) is 3.85. The largest absolute Gasteiger partial charge is 0.347 e. The van der Waals surface area contributed by atoms with Crippen molar-refractivity contribution in [1.82, 2.24) is 15.3 Å². The molecule has 8 nitrogen and oxygen atoms in total. The molecule has 3 amide bonds. The molecule has 0 bridgehead atoms. The molecule has 180 valence electrons. The fraction of sp³-hybridized carbons (Fsp3) is 0.111. The number of aromatic nitrogens is 2. The summed E-state index contributed by atoms with van der Waals surface area (Å²) < 4.78 is 14.9. The third-order valence-corrected chi connectivity index (χ3v) is 5.76. The van der Waals surface area contributed by atoms with Crippen LogP contribution in [0.5, 0.6) is 0 Å². The average Bonchev–Trinajstić information content (AvgIpc) is 3.35. The molecule has 2 heterocycles. The predicted octanol–water partition coefficient (Wildman–Crippen LogP) is 4.39. The Bertz CT molecular complexity index is 1450. The predicted molar refractivity (Wildman–Crippen MR) is 135 cm³/mol. The maximum atomic E-state index is 14.9. The average molecular weight is 483 g/mol. The van der Waals surface area contributed by atoms with E-state index in [9.17, 15) is 14.0 Å². The molecule has 0 radical (unpaired) electrons. The Labute approximate surface area is 206 Å². The second-order valence-corrected chi connectivity index (χ2v) is 8.35. The third-order valence-electron chi connectivity index (χ3n) is 5.76. The van der Waals surface area contributed by atoms with Crippen molar-refractivity contribution in [2.75, 3.05) is 10.2 Å². The first-order valence-electron chi connectivity index (χ1n) is 11.3. The molecule has 3 aromatic carbocycles. The number of H-pyrrole nitrogens is 1. The number of nitrogens with zero attached hydrogens (tertiary/aromatic N) is 3. The molecule has 0 saturated carbocycles. The highest BCUT2D eigenvalue weighted by Gasteiger charge is 2.34. The number of aryl methyl sites for hydroxylation is 1. The lowest BCUT2D eigenvalue weighted by Gasteiger charge is -2.25. The summed E-state index contributed by atoms with van der Waals surface area (Å²) in [6.45, 7) is 2.07. The molecular weight excluding hydrogens is 459 g/mol. The maximum Gasteiger partial charge on any atom is 0.321 e. The molecule has 0 spiro atoms. The van der Waals surface area contributed by atoms with E-state index >= 15 is 0 Å². The Morgan fingerprint density at radius 1 is 1.06 bits per heavy atom. The Morgan fingerprint density at radius 3 is 2.58 bits per heavy atom. The summed E-state index contributed by atoms with van der Waals surface area (Å²) in [5, 5.41) is 5.40. The van der Waals surface area contributed by atoms with E-state index in [-0.39, 0.29) is 17.8 Å². The molecule has 5 rings (SSSR count). The number of hydrogen-bond acceptors (Lipinski definition) is 4. The number of benzodiazepines with no additional fused rings is 1. The number of imidazole rings is 1. The molecule has 9 heteroatoms. The number of carbonyl (C=O) groups excluding carboxylic acids is 2. The minimum atomic E-state index is -1.31. The van der Waals surface area contributed by atoms with Crippen molar-refractivity contribution in [3.63, 3.8) is 0 Å². The minimum absolute atomic E-state index is 0.160. The number of nitrogens with one attached hydrogen (secondary N) is 3. The van der Waals surface area contributed by atoms with Gasteiger partial charge >= 0.3 is 6.03 Å². The topological polar surface area (TPSA) is 102 Å². The summed E-state index contributed by atoms with van der Waals surface area (Å²) >= 11 is 0. The molecule has 0 saturated heterocycles. The summed E-state index contributed by atoms with van der Waals surface area (Å²) in [6.07, 6.45) is 1.84. The van der Waals surface area contributed by atoms with Crippen molar-refractivity contribution in [1.29, 1.82) is 0 Å². The lowest BCUT2D eigenvalue weighted by atomic mass is 9.99. The Balaban J connectivity index is 1.57. The zero-order valence-electron chi connectivity index (χ0n) is 19.4. The van der Waals surface area contributed by atoms with Crippen LogP contribution in [0.1, 0.15) is 22.4 Å². The first-order valence-corrected chi connectivity index (χ1v) is 11.3. The highest BCUT2D eigenvalue weighted by atomic mass is 19.1. The summed E-state index contributed by atoms with van der Waals surface area (Å²) in [5.74, 6) is -0.953. The first kappa shape index (κ1) is 23.0. The van der Waals surface area contributed by atoms with Gasteiger partial charge in [0.15, 0.2) is 0 Å². The number of aliphatic imine (C=N–C) groups is 1. The lowest BCUT2D eigenvalue weighted by Crippen LogP contribution is -2.48. The van der Waals surface area contributed by atoms with Gasteiger partial charge in [0.2, 0.25) is 6.17 Å². The van der Waals surface area contributed by atoms with Crippen LogP contribution in [-0.2, 0) is 11.3 Å². The number of carbonyl (C=O) groups is 2. The van der Waals surface area contributed by atoms with Crippen molar-refractivity contribution in [2.45, 2.75) is 19.6 Å². The molecule has 36 heavy (non-hydrogen) atoms. The number of urea groups is 1. The van der Waals surface area contributed by atoms with E-state index in [2.05, 4.69) is 25.6 Å². The number of hydrogen-bond donors (Lipinski definition) is 3. The molecule has 1 atom stereocenters. The van der Waals surface area contributed by atoms with E-state index in [0.29, 0.717) is 22.6 Å². The number of halogens is 1. The quantitative estimate of drug-likeness (QED) is 0.393. The van der Waals surface area contributed by atoms with Gasteiger partial charge in [0, 0.05) is 23.0 Å². The van der Waals surface area contributed by atoms with E-state index in [1.54, 1.807) is 54.7 Å². The number of para-hydroxylation sites is 1. The molecule has 4 aromatic rings. The van der Waals surface area contributed by atoms with Crippen LogP contribution < -0.4 is 15.5 Å². The molecular formula is C27H23FN6O2. The van der Waals surface area contributed by atoms with Crippen LogP contribution in [0.25, 0.3) is 0 Å². The number of benzene rings is 3. The van der Waals surface area contributed by atoms with E-state index in [1.165, 1.54) is 17.3 Å². The molecule has 0 fully saturated rings. The van der Waals surface area contributed by atoms with Crippen LogP contribution in [0.15, 0.2) is 90.3 Å². The lowest BCUT2D eigenvalue weighted by molar-refractivity contribution is -0.120. The van der Waals surface area contributed by atoms with Gasteiger partial charge in [0.1, 0.15) is 5.82 Å². The Kier molecular flexibility index (Phi) is 6.27. The zero-order valence-corrected chi connectivity index (χ0v) is 19.4. The van der Waals surface area contributed by atoms with Crippen molar-refractivity contribution in [2.24, 2.45) is 4.99 Å². The van der Waals surface area contributed by atoms with E-state index < -0.39 is 23.9 Å². The van der Waals surface area contributed by atoms with Crippen molar-refractivity contribution >= 4 is 29.0 Å². The normalized spacial score (nSPS) is 15.1. The van der Waals surface area contributed by atoms with Crippen molar-refractivity contribution < 1.29 is 14.0 Å². The fourth-order valence-electron chi connectivity index (χ4n) is 4.11. The standard InChI is InChI=1S/C27H23FN6O2/c1-17-7-6-8-18(13-17)31-27(36)33-25-26(35)34(15-19-14-29-16-30-19)23-12-5-3-10-21(23)24(32-25)20-9-2-4-11-22(20)28/h2-14,16,25H,15H2,1H3,(H,29,30)(H2,31,33,36)/t25-/m1/s1. The fourth-order valence-corrected chi connectivity index (χ4v) is 4.11. The van der Waals surface area contributed by atoms with Crippen LogP contribution in [0.3, 0.4) is 0 Å². The van der Waals surface area contributed by atoms with Crippen LogP contribution in [0, 0.1) is 12.7 Å². The Morgan fingerprint density at radius 2 is 1.83 bits per heavy atom. The highest BCUT2D eigenvalue weighted by Crippen LogP contribution is 2.30. The number of anilines is 2. The van der Waals surface area contributed by atoms with Crippen LogP contribution in [-0.4, -0.2) is 33.8 Å². The number of amides is 3. The molecule has 1 aromatic heterocycles. The van der Waals surface area contributed by atoms with Gasteiger partial charge in [0.05, 0.1) is 30.0 Å². The summed E-state index contributed by atoms with van der Waals surface area (Å²) in [6, 6.07) is 20.0. The molecule has 3 N–H and O–H groups in total. The van der Waals surface area contributed by atoms with Crippen molar-refractivity contribution in [3.8, 4) is 0 Å². The van der Waals surface area contributed by atoms with Crippen LogP contribution in [0.2, 0.25) is 0 Å². The van der Waals surface area contributed by atoms with Gasteiger partial charge in [-0.25, -0.2) is 19.2 Å². The second-order valence-electron chi connectivity index (χ2n) is 8.35. The molecule has 0 unspecified atom stereocenters. The van der Waals surface area contributed by atoms with Crippen molar-refractivity contribution in [3.05, 3.63) is 114 Å². The second kappa shape index (κ2) is 9.83. The van der Waals surface area contributed by atoms with Gasteiger partial charge in [-0.15, -0.1) is 0 Å². The van der Waals surface area contributed by atoms with E-state index in [4.69, 9.17) is 0 Å². The van der Waals surface area contributed by atoms with E-state index in [1.807, 2.05) is 25.1 Å². The number of rotatable bonds is 5. The maximum absolute atomic E-state index is 14.9. The van der Waals surface area contributed by atoms with Gasteiger partial charge in [-0.05, 0) is 42.8 Å². The molecule has 0 aliphatic carbocycles. The Hall–Kier alpha value is -4.79. The summed E-state index contributed by atoms with van der Waals surface area (Å²) in [4.78, 5) is 39.8. The SMILES string of the molecule is Cc1cccc(NC(=O)N[C@H]2N=C(c3ccccc3F)c3ccccc3N(Cc3cnc[nH]3)C2=O)c1. The third kappa shape index (κ3) is 4.72. The first-order chi connectivity index (χ1) is 17.5. The monoisotopic (exact) mass is 482 g/mol. The smallest absolute Gasteiger partial charge is 0.321 e. The summed E-state index contributed by atoms with van der Waals surface area (Å²) in [7, 11) is 0. The molecule has 1 aliphatic heterocycles. The zero-order chi connectivity index (χ0) is 25.1. The minimum Gasteiger partial charge on any atom is -0.347 e. The van der Waals surface area contributed by atoms with Crippen LogP contribution >= 0.6 is 0 Å². The van der Waals surface area contributed by atoms with Gasteiger partial charge in [0.25, 0.3) is 5.91 Å². The number of fused-ring (bicyclic) bond motifs is 1. The molecule has 1 aliphatic rings. The van der Waals surface area contributed by atoms with Gasteiger partial charge in [-0.2, -0.15) is 0 Å². The van der Waals surface area contributed by atoms with Gasteiger partial charge < -0.3 is 20.5 Å². The number of aromatic amines is 1. The van der Waals surface area contributed by atoms with Crippen LogP contribution in [0.4, 0.5) is 20.6 Å². The van der Waals surface area contributed by atoms with Gasteiger partial charge in [-0.3, -0.25) is 4.79 Å².